The second-order valence-electron chi connectivity index (χ2n) is 4.86. The molecule has 14 heavy (non-hydrogen) atoms. The Labute approximate surface area is 82.5 Å². The second-order valence-corrected chi connectivity index (χ2v) is 4.86. The lowest BCUT2D eigenvalue weighted by molar-refractivity contribution is -0.154. The molecule has 0 aromatic heterocycles. The molecule has 4 nitrogen and oxygen atoms in total. The Hall–Kier alpha value is -0.610. The number of rotatable bonds is 1. The van der Waals surface area contributed by atoms with Gasteiger partial charge in [0.1, 0.15) is 17.8 Å². The third kappa shape index (κ3) is 0.754. The average molecular weight is 198 g/mol. The zero-order valence-electron chi connectivity index (χ0n) is 8.57. The number of hydrogen-bond donors (Lipinski definition) is 0. The topological polar surface area (TPSA) is 48.1 Å². The lowest BCUT2D eigenvalue weighted by Gasteiger charge is -2.25. The zero-order valence-corrected chi connectivity index (χ0v) is 8.57. The molecule has 0 radical (unpaired) electrons. The summed E-state index contributed by atoms with van der Waals surface area (Å²) in [6.45, 7) is 3.98. The van der Waals surface area contributed by atoms with Crippen molar-refractivity contribution in [2.75, 3.05) is 7.11 Å². The summed E-state index contributed by atoms with van der Waals surface area (Å²) in [7, 11) is 1.42. The van der Waals surface area contributed by atoms with Gasteiger partial charge in [0.2, 0.25) is 0 Å². The van der Waals surface area contributed by atoms with E-state index in [0.717, 1.165) is 6.42 Å². The van der Waals surface area contributed by atoms with Crippen LogP contribution in [0.4, 0.5) is 0 Å². The van der Waals surface area contributed by atoms with Crippen LogP contribution in [-0.2, 0) is 19.0 Å². The van der Waals surface area contributed by atoms with Crippen molar-refractivity contribution in [2.45, 2.75) is 43.7 Å². The predicted molar refractivity (Wildman–Crippen MR) is 46.7 cm³/mol. The maximum Gasteiger partial charge on any atom is 0.311 e. The smallest absolute Gasteiger partial charge is 0.311 e. The van der Waals surface area contributed by atoms with Gasteiger partial charge in [-0.25, -0.2) is 0 Å². The number of methoxy groups -OCH3 is 1. The summed E-state index contributed by atoms with van der Waals surface area (Å²) in [5.74, 6) is -0.341. The molecule has 3 aliphatic rings. The molecule has 0 spiro atoms. The van der Waals surface area contributed by atoms with Crippen molar-refractivity contribution in [3.05, 3.63) is 0 Å². The minimum absolute atomic E-state index is 0.102. The van der Waals surface area contributed by atoms with E-state index in [1.54, 1.807) is 0 Å². The maximum absolute atomic E-state index is 11.6. The van der Waals surface area contributed by atoms with E-state index < -0.39 is 5.60 Å². The van der Waals surface area contributed by atoms with Gasteiger partial charge in [-0.2, -0.15) is 0 Å². The van der Waals surface area contributed by atoms with E-state index in [2.05, 4.69) is 0 Å². The molecule has 0 saturated carbocycles. The molecule has 3 aliphatic heterocycles. The molecule has 3 saturated heterocycles. The summed E-state index contributed by atoms with van der Waals surface area (Å²) in [4.78, 5) is 11.6. The van der Waals surface area contributed by atoms with Gasteiger partial charge in [-0.15, -0.1) is 0 Å². The van der Waals surface area contributed by atoms with Crippen molar-refractivity contribution in [1.82, 2.24) is 0 Å². The van der Waals surface area contributed by atoms with Gasteiger partial charge in [-0.05, 0) is 20.3 Å². The Morgan fingerprint density at radius 3 is 2.64 bits per heavy atom. The lowest BCUT2D eigenvalue weighted by atomic mass is 9.75. The third-order valence-electron chi connectivity index (χ3n) is 3.90. The second kappa shape index (κ2) is 2.14. The first-order valence-corrected chi connectivity index (χ1v) is 4.95. The molecule has 3 fully saturated rings. The van der Waals surface area contributed by atoms with Gasteiger partial charge in [-0.1, -0.05) is 0 Å². The number of esters is 1. The van der Waals surface area contributed by atoms with Crippen LogP contribution in [0.1, 0.15) is 20.3 Å². The van der Waals surface area contributed by atoms with Gasteiger partial charge in [0.25, 0.3) is 0 Å². The number of epoxide rings is 1. The van der Waals surface area contributed by atoms with E-state index in [1.807, 2.05) is 13.8 Å². The largest absolute Gasteiger partial charge is 0.469 e. The highest BCUT2D eigenvalue weighted by Crippen LogP contribution is 2.63. The van der Waals surface area contributed by atoms with Crippen molar-refractivity contribution in [2.24, 2.45) is 5.92 Å². The van der Waals surface area contributed by atoms with Gasteiger partial charge in [-0.3, -0.25) is 4.79 Å². The third-order valence-corrected chi connectivity index (χ3v) is 3.90. The Balaban J connectivity index is 1.95. The molecule has 5 unspecified atom stereocenters. The minimum Gasteiger partial charge on any atom is -0.469 e. The SMILES string of the molecule is COC(=O)C1CC2(C)OC1(C)C1OC12. The molecule has 3 heterocycles. The first-order chi connectivity index (χ1) is 6.51. The molecular formula is C10H14O4. The molecule has 0 aliphatic carbocycles. The quantitative estimate of drug-likeness (QED) is 0.454. The number of fused-ring (bicyclic) bond motifs is 5. The van der Waals surface area contributed by atoms with Crippen LogP contribution in [0.5, 0.6) is 0 Å². The van der Waals surface area contributed by atoms with E-state index in [1.165, 1.54) is 7.11 Å². The van der Waals surface area contributed by atoms with E-state index in [4.69, 9.17) is 14.2 Å². The van der Waals surface area contributed by atoms with Gasteiger partial charge >= 0.3 is 5.97 Å². The minimum atomic E-state index is -0.452. The normalized spacial score (nSPS) is 58.4. The maximum atomic E-state index is 11.6. The van der Waals surface area contributed by atoms with Gasteiger partial charge in [0.05, 0.1) is 18.6 Å². The molecule has 0 amide bonds. The first-order valence-electron chi connectivity index (χ1n) is 4.95. The number of hydrogen-bond acceptors (Lipinski definition) is 4. The molecule has 78 valence electrons. The monoisotopic (exact) mass is 198 g/mol. The van der Waals surface area contributed by atoms with Crippen LogP contribution in [-0.4, -0.2) is 36.5 Å². The highest BCUT2D eigenvalue weighted by atomic mass is 16.7. The molecular weight excluding hydrogens is 184 g/mol. The van der Waals surface area contributed by atoms with Crippen LogP contribution in [0, 0.1) is 5.92 Å². The highest BCUT2D eigenvalue weighted by Gasteiger charge is 2.78. The summed E-state index contributed by atoms with van der Waals surface area (Å²) in [6.07, 6.45) is 1.02. The summed E-state index contributed by atoms with van der Waals surface area (Å²) in [6, 6.07) is 0. The number of carbonyl (C=O) groups excluding carboxylic acids is 1. The summed E-state index contributed by atoms with van der Waals surface area (Å²) in [5, 5.41) is 0. The van der Waals surface area contributed by atoms with E-state index >= 15 is 0 Å². The van der Waals surface area contributed by atoms with Crippen LogP contribution in [0.3, 0.4) is 0 Å². The van der Waals surface area contributed by atoms with Crippen molar-refractivity contribution in [3.8, 4) is 0 Å². The number of ether oxygens (including phenoxy) is 3. The molecule has 4 heteroatoms. The van der Waals surface area contributed by atoms with E-state index in [0.29, 0.717) is 0 Å². The van der Waals surface area contributed by atoms with Gasteiger partial charge < -0.3 is 14.2 Å². The average Bonchev–Trinajstić information content (AvgIpc) is 2.85. The fourth-order valence-corrected chi connectivity index (χ4v) is 3.13. The van der Waals surface area contributed by atoms with Crippen molar-refractivity contribution < 1.29 is 19.0 Å². The Morgan fingerprint density at radius 1 is 1.43 bits per heavy atom. The fraction of sp³-hybridized carbons (Fsp3) is 0.900. The molecule has 0 aromatic rings. The molecule has 0 aromatic carbocycles. The lowest BCUT2D eigenvalue weighted by Crippen LogP contribution is -2.42. The predicted octanol–water partition coefficient (Wildman–Crippen LogP) is 0.494. The Bertz CT molecular complexity index is 315. The van der Waals surface area contributed by atoms with Gasteiger partial charge in [0, 0.05) is 0 Å². The Morgan fingerprint density at radius 2 is 2.14 bits per heavy atom. The zero-order chi connectivity index (χ0) is 10.1. The van der Waals surface area contributed by atoms with Crippen molar-refractivity contribution in [1.29, 1.82) is 0 Å². The fourth-order valence-electron chi connectivity index (χ4n) is 3.13. The molecule has 2 bridgehead atoms. The number of carbonyl (C=O) groups is 1. The molecule has 5 atom stereocenters. The summed E-state index contributed by atoms with van der Waals surface area (Å²) < 4.78 is 16.2. The van der Waals surface area contributed by atoms with Gasteiger partial charge in [0.15, 0.2) is 0 Å². The summed E-state index contributed by atoms with van der Waals surface area (Å²) >= 11 is 0. The molecule has 0 N–H and O–H groups in total. The Kier molecular flexibility index (Phi) is 1.33. The first kappa shape index (κ1) is 8.68. The van der Waals surface area contributed by atoms with Crippen molar-refractivity contribution >= 4 is 5.97 Å². The molecule has 3 rings (SSSR count). The standard InChI is InChI=1S/C10H14O4/c1-9-4-5(8(11)12-3)10(2,14-9)7-6(9)13-7/h5-7H,4H2,1-3H3. The summed E-state index contributed by atoms with van der Waals surface area (Å²) in [5.41, 5.74) is -0.717. The highest BCUT2D eigenvalue weighted by molar-refractivity contribution is 5.75. The van der Waals surface area contributed by atoms with Crippen LogP contribution in [0.2, 0.25) is 0 Å². The van der Waals surface area contributed by atoms with Crippen LogP contribution in [0.25, 0.3) is 0 Å². The van der Waals surface area contributed by atoms with Crippen LogP contribution < -0.4 is 0 Å². The van der Waals surface area contributed by atoms with E-state index in [9.17, 15) is 4.79 Å². The van der Waals surface area contributed by atoms with Crippen molar-refractivity contribution in [3.63, 3.8) is 0 Å². The van der Waals surface area contributed by atoms with Crippen LogP contribution >= 0.6 is 0 Å². The van der Waals surface area contributed by atoms with E-state index in [-0.39, 0.29) is 29.7 Å². The van der Waals surface area contributed by atoms with Crippen LogP contribution in [0.15, 0.2) is 0 Å².